The lowest BCUT2D eigenvalue weighted by atomic mass is 9.98. The Morgan fingerprint density at radius 1 is 1.12 bits per heavy atom. The smallest absolute Gasteiger partial charge is 0.200 e. The van der Waals surface area contributed by atoms with Gasteiger partial charge in [0.05, 0.1) is 26.1 Å². The van der Waals surface area contributed by atoms with Gasteiger partial charge in [0.1, 0.15) is 0 Å². The quantitative estimate of drug-likeness (QED) is 0.786. The maximum atomic E-state index is 10.1. The summed E-state index contributed by atoms with van der Waals surface area (Å²) in [7, 11) is 3.06. The van der Waals surface area contributed by atoms with Crippen LogP contribution >= 0.6 is 0 Å². The molecule has 2 aromatic rings. The summed E-state index contributed by atoms with van der Waals surface area (Å²) in [6, 6.07) is 7.54. The van der Waals surface area contributed by atoms with E-state index < -0.39 is 0 Å². The van der Waals surface area contributed by atoms with Crippen LogP contribution in [0.2, 0.25) is 0 Å². The summed E-state index contributed by atoms with van der Waals surface area (Å²) in [6.45, 7) is 4.20. The van der Waals surface area contributed by atoms with Crippen molar-refractivity contribution >= 4 is 11.3 Å². The summed E-state index contributed by atoms with van der Waals surface area (Å²) in [6.07, 6.45) is 5.20. The summed E-state index contributed by atoms with van der Waals surface area (Å²) < 4.78 is 10.5. The third-order valence-corrected chi connectivity index (χ3v) is 3.86. The second-order valence-corrected chi connectivity index (χ2v) is 5.26. The molecule has 0 aliphatic heterocycles. The van der Waals surface area contributed by atoms with Crippen molar-refractivity contribution in [2.24, 2.45) is 0 Å². The van der Waals surface area contributed by atoms with E-state index in [1.807, 2.05) is 24.3 Å². The van der Waals surface area contributed by atoms with Gasteiger partial charge in [-0.3, -0.25) is 4.98 Å². The van der Waals surface area contributed by atoms with Gasteiger partial charge in [0.2, 0.25) is 5.75 Å². The lowest BCUT2D eigenvalue weighted by Gasteiger charge is -2.18. The Balaban J connectivity index is 2.51. The molecular formula is C19H24N2O3. The van der Waals surface area contributed by atoms with E-state index in [1.165, 1.54) is 14.2 Å². The number of anilines is 1. The van der Waals surface area contributed by atoms with Gasteiger partial charge in [-0.2, -0.15) is 0 Å². The number of phenolic OH excluding ortho intramolecular Hbond substituents is 1. The Kier molecular flexibility index (Phi) is 6.07. The monoisotopic (exact) mass is 328 g/mol. The molecule has 128 valence electrons. The number of benzene rings is 1. The van der Waals surface area contributed by atoms with Gasteiger partial charge in [-0.25, -0.2) is 0 Å². The van der Waals surface area contributed by atoms with Gasteiger partial charge in [0, 0.05) is 11.9 Å². The van der Waals surface area contributed by atoms with Gasteiger partial charge in [-0.1, -0.05) is 13.8 Å². The molecule has 0 fully saturated rings. The molecule has 0 unspecified atom stereocenters. The van der Waals surface area contributed by atoms with Gasteiger partial charge >= 0.3 is 0 Å². The molecule has 0 aliphatic carbocycles. The molecule has 0 atom stereocenters. The first-order valence-electron chi connectivity index (χ1n) is 7.98. The van der Waals surface area contributed by atoms with Gasteiger partial charge < -0.3 is 19.9 Å². The maximum Gasteiger partial charge on any atom is 0.200 e. The third-order valence-electron chi connectivity index (χ3n) is 3.86. The Labute approximate surface area is 143 Å². The topological polar surface area (TPSA) is 63.6 Å². The fraction of sp³-hybridized carbons (Fsp3) is 0.316. The first kappa shape index (κ1) is 17.7. The summed E-state index contributed by atoms with van der Waals surface area (Å²) in [5, 5.41) is 13.5. The maximum absolute atomic E-state index is 10.1. The number of nitrogens with zero attached hydrogens (tertiary/aromatic N) is 1. The molecule has 5 nitrogen and oxygen atoms in total. The van der Waals surface area contributed by atoms with Crippen LogP contribution in [0.1, 0.15) is 32.3 Å². The van der Waals surface area contributed by atoms with E-state index in [9.17, 15) is 5.11 Å². The van der Waals surface area contributed by atoms with E-state index in [1.54, 1.807) is 12.4 Å². The molecule has 0 saturated heterocycles. The lowest BCUT2D eigenvalue weighted by molar-refractivity contribution is 0.339. The summed E-state index contributed by atoms with van der Waals surface area (Å²) in [5.74, 6) is 0.803. The average Bonchev–Trinajstić information content (AvgIpc) is 2.63. The van der Waals surface area contributed by atoms with Gasteiger partial charge in [-0.05, 0) is 48.2 Å². The minimum Gasteiger partial charge on any atom is -0.502 e. The predicted molar refractivity (Wildman–Crippen MR) is 96.6 cm³/mol. The highest BCUT2D eigenvalue weighted by molar-refractivity contribution is 5.75. The van der Waals surface area contributed by atoms with Gasteiger partial charge in [0.15, 0.2) is 11.5 Å². The Bertz CT molecular complexity index is 687. The highest BCUT2D eigenvalue weighted by Gasteiger charge is 2.15. The minimum atomic E-state index is 0.0115. The van der Waals surface area contributed by atoms with Crippen molar-refractivity contribution in [1.82, 2.24) is 4.98 Å². The van der Waals surface area contributed by atoms with Crippen molar-refractivity contribution in [1.29, 1.82) is 0 Å². The molecule has 1 aromatic carbocycles. The first-order chi connectivity index (χ1) is 11.6. The summed E-state index contributed by atoms with van der Waals surface area (Å²) >= 11 is 0. The van der Waals surface area contributed by atoms with Gasteiger partial charge in [0.25, 0.3) is 0 Å². The molecule has 5 heteroatoms. The highest BCUT2D eigenvalue weighted by atomic mass is 16.5. The third kappa shape index (κ3) is 3.79. The fourth-order valence-electron chi connectivity index (χ4n) is 2.65. The number of aromatic hydroxyl groups is 1. The Morgan fingerprint density at radius 3 is 2.25 bits per heavy atom. The number of hydrogen-bond acceptors (Lipinski definition) is 5. The zero-order chi connectivity index (χ0) is 17.5. The molecule has 0 aliphatic rings. The summed E-state index contributed by atoms with van der Waals surface area (Å²) in [5.41, 5.74) is 4.13. The normalized spacial score (nSPS) is 11.7. The number of rotatable bonds is 7. The number of allylic oxidation sites excluding steroid dienone is 2. The largest absolute Gasteiger partial charge is 0.502 e. The van der Waals surface area contributed by atoms with Crippen molar-refractivity contribution in [2.45, 2.75) is 26.7 Å². The van der Waals surface area contributed by atoms with Crippen LogP contribution in [-0.4, -0.2) is 24.3 Å². The van der Waals surface area contributed by atoms with Gasteiger partial charge in [-0.15, -0.1) is 0 Å². The molecule has 1 aromatic heterocycles. The molecule has 0 bridgehead atoms. The van der Waals surface area contributed by atoms with E-state index in [4.69, 9.17) is 9.47 Å². The van der Waals surface area contributed by atoms with Crippen LogP contribution in [0.3, 0.4) is 0 Å². The molecule has 2 N–H and O–H groups in total. The van der Waals surface area contributed by atoms with E-state index in [2.05, 4.69) is 24.1 Å². The molecule has 24 heavy (non-hydrogen) atoms. The zero-order valence-corrected chi connectivity index (χ0v) is 14.6. The number of pyridine rings is 1. The van der Waals surface area contributed by atoms with Crippen LogP contribution in [0.5, 0.6) is 17.2 Å². The van der Waals surface area contributed by atoms with Crippen LogP contribution in [0, 0.1) is 0 Å². The standard InChI is InChI=1S/C19H24N2O3/c1-5-15(16(6-2)21-14-8-7-9-20-12-14)13-10-17(23-3)19(22)18(11-13)24-4/h7-12,21-22H,5-6H2,1-4H3/b16-15+. The van der Waals surface area contributed by atoms with E-state index in [-0.39, 0.29) is 5.75 Å². The predicted octanol–water partition coefficient (Wildman–Crippen LogP) is 4.45. The number of methoxy groups -OCH3 is 2. The molecule has 2 rings (SSSR count). The lowest BCUT2D eigenvalue weighted by Crippen LogP contribution is -2.03. The first-order valence-corrected chi connectivity index (χ1v) is 7.98. The van der Waals surface area contributed by atoms with E-state index in [0.29, 0.717) is 11.5 Å². The Morgan fingerprint density at radius 2 is 1.79 bits per heavy atom. The minimum absolute atomic E-state index is 0.0115. The van der Waals surface area contributed by atoms with Crippen molar-refractivity contribution in [3.05, 3.63) is 47.9 Å². The van der Waals surface area contributed by atoms with Crippen LogP contribution in [0.15, 0.2) is 42.4 Å². The highest BCUT2D eigenvalue weighted by Crippen LogP contribution is 2.40. The average molecular weight is 328 g/mol. The molecule has 0 saturated carbocycles. The van der Waals surface area contributed by atoms with Crippen molar-refractivity contribution in [3.63, 3.8) is 0 Å². The number of ether oxygens (including phenoxy) is 2. The number of hydrogen-bond donors (Lipinski definition) is 2. The summed E-state index contributed by atoms with van der Waals surface area (Å²) in [4.78, 5) is 4.14. The second-order valence-electron chi connectivity index (χ2n) is 5.26. The SMILES string of the molecule is CC/C(Nc1cccnc1)=C(/CC)c1cc(OC)c(O)c(OC)c1. The second kappa shape index (κ2) is 8.24. The number of nitrogens with one attached hydrogen (secondary N) is 1. The molecule has 0 spiro atoms. The van der Waals surface area contributed by atoms with Crippen LogP contribution in [-0.2, 0) is 0 Å². The molecular weight excluding hydrogens is 304 g/mol. The molecule has 0 radical (unpaired) electrons. The number of phenols is 1. The van der Waals surface area contributed by atoms with Crippen molar-refractivity contribution in [3.8, 4) is 17.2 Å². The van der Waals surface area contributed by atoms with E-state index in [0.717, 1.165) is 35.4 Å². The van der Waals surface area contributed by atoms with Crippen molar-refractivity contribution in [2.75, 3.05) is 19.5 Å². The van der Waals surface area contributed by atoms with Crippen LogP contribution in [0.25, 0.3) is 5.57 Å². The fourth-order valence-corrected chi connectivity index (χ4v) is 2.65. The zero-order valence-electron chi connectivity index (χ0n) is 14.6. The van der Waals surface area contributed by atoms with Crippen LogP contribution in [0.4, 0.5) is 5.69 Å². The Hall–Kier alpha value is -2.69. The van der Waals surface area contributed by atoms with E-state index >= 15 is 0 Å². The molecule has 1 heterocycles. The number of aromatic nitrogens is 1. The van der Waals surface area contributed by atoms with Crippen molar-refractivity contribution < 1.29 is 14.6 Å². The molecule has 0 amide bonds. The van der Waals surface area contributed by atoms with Crippen LogP contribution < -0.4 is 14.8 Å².